The summed E-state index contributed by atoms with van der Waals surface area (Å²) < 4.78 is 38.6. The summed E-state index contributed by atoms with van der Waals surface area (Å²) in [5.41, 5.74) is 1.69. The predicted molar refractivity (Wildman–Crippen MR) is 99.7 cm³/mol. The van der Waals surface area contributed by atoms with Crippen molar-refractivity contribution in [2.75, 3.05) is 26.2 Å². The van der Waals surface area contributed by atoms with E-state index in [-0.39, 0.29) is 30.7 Å². The summed E-state index contributed by atoms with van der Waals surface area (Å²) in [6, 6.07) is 15.3. The number of halogens is 3. The highest BCUT2D eigenvalue weighted by molar-refractivity contribution is 5.36. The third-order valence-electron chi connectivity index (χ3n) is 6.02. The average Bonchev–Trinajstić information content (AvgIpc) is 2.63. The topological polar surface area (TPSA) is 39.6 Å². The van der Waals surface area contributed by atoms with E-state index in [0.717, 1.165) is 11.3 Å². The number of aliphatic hydroxyl groups is 1. The Balaban J connectivity index is 1.53. The van der Waals surface area contributed by atoms with Crippen LogP contribution >= 0.6 is 0 Å². The van der Waals surface area contributed by atoms with Gasteiger partial charge < -0.3 is 5.11 Å². The van der Waals surface area contributed by atoms with Crippen molar-refractivity contribution < 1.29 is 18.3 Å². The summed E-state index contributed by atoms with van der Waals surface area (Å²) in [7, 11) is 0. The Morgan fingerprint density at radius 1 is 1.07 bits per heavy atom. The van der Waals surface area contributed by atoms with Gasteiger partial charge in [-0.05, 0) is 17.7 Å². The average molecular weight is 391 g/mol. The molecule has 2 saturated heterocycles. The van der Waals surface area contributed by atoms with Crippen molar-refractivity contribution in [1.29, 1.82) is 0 Å². The molecule has 150 valence electrons. The molecule has 1 aromatic heterocycles. The molecule has 2 atom stereocenters. The second-order valence-electron chi connectivity index (χ2n) is 7.77. The van der Waals surface area contributed by atoms with Gasteiger partial charge in [-0.3, -0.25) is 14.8 Å². The minimum absolute atomic E-state index is 0.0342. The summed E-state index contributed by atoms with van der Waals surface area (Å²) in [6.07, 6.45) is -3.30. The number of hydrogen-bond donors (Lipinski definition) is 1. The normalized spacial score (nSPS) is 24.7. The van der Waals surface area contributed by atoms with E-state index < -0.39 is 12.6 Å². The number of alkyl halides is 3. The first-order valence-corrected chi connectivity index (χ1v) is 9.54. The van der Waals surface area contributed by atoms with Crippen LogP contribution in [0.15, 0.2) is 54.7 Å². The van der Waals surface area contributed by atoms with Crippen molar-refractivity contribution in [2.24, 2.45) is 0 Å². The van der Waals surface area contributed by atoms with Gasteiger partial charge in [-0.2, -0.15) is 13.2 Å². The Morgan fingerprint density at radius 3 is 2.39 bits per heavy atom. The largest absolute Gasteiger partial charge is 0.395 e. The molecule has 4 nitrogen and oxygen atoms in total. The summed E-state index contributed by atoms with van der Waals surface area (Å²) >= 11 is 0. The summed E-state index contributed by atoms with van der Waals surface area (Å²) in [5, 5.41) is 9.92. The van der Waals surface area contributed by atoms with Crippen LogP contribution < -0.4 is 0 Å². The minimum Gasteiger partial charge on any atom is -0.395 e. The molecule has 2 aliphatic heterocycles. The van der Waals surface area contributed by atoms with Crippen LogP contribution in [-0.4, -0.2) is 63.9 Å². The fraction of sp³-hybridized carbons (Fsp3) is 0.476. The van der Waals surface area contributed by atoms with E-state index in [1.807, 2.05) is 53.4 Å². The molecule has 28 heavy (non-hydrogen) atoms. The van der Waals surface area contributed by atoms with Gasteiger partial charge in [-0.15, -0.1) is 0 Å². The summed E-state index contributed by atoms with van der Waals surface area (Å²) in [6.45, 7) is 1.82. The quantitative estimate of drug-likeness (QED) is 0.822. The molecule has 0 unspecified atom stereocenters. The van der Waals surface area contributed by atoms with Crippen molar-refractivity contribution in [3.63, 3.8) is 0 Å². The van der Waals surface area contributed by atoms with E-state index in [2.05, 4.69) is 9.88 Å². The molecule has 3 heterocycles. The maximum absolute atomic E-state index is 12.9. The van der Waals surface area contributed by atoms with Gasteiger partial charge in [0, 0.05) is 44.3 Å². The van der Waals surface area contributed by atoms with Gasteiger partial charge in [0.05, 0.1) is 24.3 Å². The minimum atomic E-state index is -4.20. The predicted octanol–water partition coefficient (Wildman–Crippen LogP) is 3.05. The highest BCUT2D eigenvalue weighted by Gasteiger charge is 2.65. The summed E-state index contributed by atoms with van der Waals surface area (Å²) in [4.78, 5) is 8.44. The fourth-order valence-electron chi connectivity index (χ4n) is 4.94. The first-order valence-electron chi connectivity index (χ1n) is 9.54. The third-order valence-corrected chi connectivity index (χ3v) is 6.02. The lowest BCUT2D eigenvalue weighted by Gasteiger charge is -2.71. The number of aliphatic hydroxyl groups excluding tert-OH is 1. The van der Waals surface area contributed by atoms with Crippen LogP contribution in [0.25, 0.3) is 0 Å². The van der Waals surface area contributed by atoms with E-state index in [4.69, 9.17) is 0 Å². The Kier molecular flexibility index (Phi) is 5.16. The molecule has 7 heteroatoms. The SMILES string of the molecule is OC[C@@H]1[C@@H](c2ccccc2)C2(CN(Cc3ccccn3)C2)N1CCC(F)(F)F. The molecule has 2 aromatic rings. The van der Waals surface area contributed by atoms with Crippen molar-refractivity contribution in [3.8, 4) is 0 Å². The van der Waals surface area contributed by atoms with Crippen LogP contribution in [0.3, 0.4) is 0 Å². The summed E-state index contributed by atoms with van der Waals surface area (Å²) in [5.74, 6) is 0.0342. The van der Waals surface area contributed by atoms with E-state index in [0.29, 0.717) is 19.6 Å². The standard InChI is InChI=1S/C21H24F3N3O/c22-21(23,24)9-11-27-18(13-28)19(16-6-2-1-3-7-16)20(27)14-26(15-20)12-17-8-4-5-10-25-17/h1-8,10,18-19,28H,9,11-15H2/t18-,19-/m1/s1. The number of rotatable bonds is 6. The Bertz CT molecular complexity index is 778. The highest BCUT2D eigenvalue weighted by atomic mass is 19.4. The van der Waals surface area contributed by atoms with Gasteiger partial charge in [0.2, 0.25) is 0 Å². The van der Waals surface area contributed by atoms with Crippen molar-refractivity contribution >= 4 is 0 Å². The number of benzene rings is 1. The van der Waals surface area contributed by atoms with E-state index in [9.17, 15) is 18.3 Å². The smallest absolute Gasteiger partial charge is 0.390 e. The van der Waals surface area contributed by atoms with Gasteiger partial charge >= 0.3 is 6.18 Å². The second kappa shape index (κ2) is 7.46. The first kappa shape index (κ1) is 19.4. The van der Waals surface area contributed by atoms with Gasteiger partial charge in [0.25, 0.3) is 0 Å². The van der Waals surface area contributed by atoms with Gasteiger partial charge in [0.15, 0.2) is 0 Å². The molecule has 1 aromatic carbocycles. The molecular formula is C21H24F3N3O. The lowest BCUT2D eigenvalue weighted by atomic mass is 9.60. The van der Waals surface area contributed by atoms with E-state index in [1.54, 1.807) is 6.20 Å². The molecule has 4 rings (SSSR count). The molecule has 0 aliphatic carbocycles. The first-order chi connectivity index (χ1) is 13.4. The third kappa shape index (κ3) is 3.54. The van der Waals surface area contributed by atoms with Crippen LogP contribution in [0.1, 0.15) is 23.6 Å². The second-order valence-corrected chi connectivity index (χ2v) is 7.77. The van der Waals surface area contributed by atoms with Crippen LogP contribution in [0.2, 0.25) is 0 Å². The number of hydrogen-bond acceptors (Lipinski definition) is 4. The fourth-order valence-corrected chi connectivity index (χ4v) is 4.94. The molecule has 0 saturated carbocycles. The number of pyridine rings is 1. The zero-order chi connectivity index (χ0) is 19.8. The molecule has 1 N–H and O–H groups in total. The molecule has 2 aliphatic rings. The van der Waals surface area contributed by atoms with Gasteiger partial charge in [0.1, 0.15) is 0 Å². The van der Waals surface area contributed by atoms with Crippen LogP contribution in [0.5, 0.6) is 0 Å². The maximum Gasteiger partial charge on any atom is 0.390 e. The number of likely N-dealkylation sites (tertiary alicyclic amines) is 2. The zero-order valence-electron chi connectivity index (χ0n) is 15.5. The van der Waals surface area contributed by atoms with E-state index >= 15 is 0 Å². The van der Waals surface area contributed by atoms with Gasteiger partial charge in [-0.25, -0.2) is 0 Å². The molecular weight excluding hydrogens is 367 g/mol. The van der Waals surface area contributed by atoms with Crippen molar-refractivity contribution in [3.05, 3.63) is 66.0 Å². The monoisotopic (exact) mass is 391 g/mol. The van der Waals surface area contributed by atoms with Crippen molar-refractivity contribution in [1.82, 2.24) is 14.8 Å². The number of aromatic nitrogens is 1. The van der Waals surface area contributed by atoms with Crippen molar-refractivity contribution in [2.45, 2.75) is 36.6 Å². The molecule has 0 amide bonds. The molecule has 2 fully saturated rings. The van der Waals surface area contributed by atoms with Crippen LogP contribution in [0, 0.1) is 0 Å². The highest BCUT2D eigenvalue weighted by Crippen LogP contribution is 2.54. The zero-order valence-corrected chi connectivity index (χ0v) is 15.5. The van der Waals surface area contributed by atoms with Crippen LogP contribution in [-0.2, 0) is 6.54 Å². The molecule has 0 bridgehead atoms. The Morgan fingerprint density at radius 2 is 1.79 bits per heavy atom. The van der Waals surface area contributed by atoms with Gasteiger partial charge in [-0.1, -0.05) is 36.4 Å². The lowest BCUT2D eigenvalue weighted by Crippen LogP contribution is -2.84. The maximum atomic E-state index is 12.9. The molecule has 1 spiro atoms. The van der Waals surface area contributed by atoms with E-state index in [1.165, 1.54) is 0 Å². The Hall–Kier alpha value is -1.96. The number of nitrogens with zero attached hydrogens (tertiary/aromatic N) is 3. The Labute approximate surface area is 162 Å². The van der Waals surface area contributed by atoms with Crippen LogP contribution in [0.4, 0.5) is 13.2 Å². The molecule has 0 radical (unpaired) electrons. The lowest BCUT2D eigenvalue weighted by molar-refractivity contribution is -0.209.